The van der Waals surface area contributed by atoms with Gasteiger partial charge in [-0.05, 0) is 49.2 Å². The van der Waals surface area contributed by atoms with Crippen LogP contribution in [0.1, 0.15) is 11.1 Å². The number of anilines is 2. The Labute approximate surface area is 176 Å². The van der Waals surface area contributed by atoms with Crippen LogP contribution in [0.3, 0.4) is 0 Å². The molecule has 3 aromatic rings. The summed E-state index contributed by atoms with van der Waals surface area (Å²) in [5.74, 6) is 1.36. The smallest absolute Gasteiger partial charge is 0.373 e. The highest BCUT2D eigenvalue weighted by Crippen LogP contribution is 2.38. The third-order valence-electron chi connectivity index (χ3n) is 4.40. The Hall–Kier alpha value is -3.59. The van der Waals surface area contributed by atoms with Crippen LogP contribution in [0.15, 0.2) is 36.7 Å². The predicted octanol–water partition coefficient (Wildman–Crippen LogP) is 4.96. The number of hydrogen-bond donors (Lipinski definition) is 1. The number of rotatable bonds is 5. The second-order valence-electron chi connectivity index (χ2n) is 6.59. The van der Waals surface area contributed by atoms with Gasteiger partial charge in [0.25, 0.3) is 0 Å². The lowest BCUT2D eigenvalue weighted by Gasteiger charge is -2.19. The summed E-state index contributed by atoms with van der Waals surface area (Å²) in [5.41, 5.74) is 1.74. The SMILES string of the molecule is Cc1cc(Oc2ncnc(Nc3ccc4c(c3)OCCO4)c2[N+](=O)[O-])cc(C)c1Cl. The van der Waals surface area contributed by atoms with E-state index < -0.39 is 10.6 Å². The van der Waals surface area contributed by atoms with Gasteiger partial charge >= 0.3 is 11.6 Å². The molecule has 2 heterocycles. The maximum absolute atomic E-state index is 11.8. The summed E-state index contributed by atoms with van der Waals surface area (Å²) in [6.45, 7) is 4.56. The van der Waals surface area contributed by atoms with E-state index in [1.807, 2.05) is 13.8 Å². The molecular formula is C20H17ClN4O5. The fraction of sp³-hybridized carbons (Fsp3) is 0.200. The van der Waals surface area contributed by atoms with Gasteiger partial charge in [0.1, 0.15) is 25.3 Å². The van der Waals surface area contributed by atoms with Gasteiger partial charge in [-0.2, -0.15) is 4.98 Å². The van der Waals surface area contributed by atoms with Crippen molar-refractivity contribution in [1.29, 1.82) is 0 Å². The van der Waals surface area contributed by atoms with E-state index in [0.717, 1.165) is 11.1 Å². The first-order valence-corrected chi connectivity index (χ1v) is 9.41. The molecule has 4 rings (SSSR count). The van der Waals surface area contributed by atoms with Crippen LogP contribution in [-0.2, 0) is 0 Å². The van der Waals surface area contributed by atoms with Crippen LogP contribution in [0.2, 0.25) is 5.02 Å². The molecule has 1 N–H and O–H groups in total. The highest BCUT2D eigenvalue weighted by molar-refractivity contribution is 6.32. The minimum atomic E-state index is -0.592. The average Bonchev–Trinajstić information content (AvgIpc) is 2.72. The number of hydrogen-bond acceptors (Lipinski definition) is 8. The number of nitrogens with one attached hydrogen (secondary N) is 1. The monoisotopic (exact) mass is 428 g/mol. The van der Waals surface area contributed by atoms with Crippen LogP contribution in [-0.4, -0.2) is 28.1 Å². The lowest BCUT2D eigenvalue weighted by molar-refractivity contribution is -0.385. The Bertz CT molecular complexity index is 1120. The molecular weight excluding hydrogens is 412 g/mol. The molecule has 10 heteroatoms. The summed E-state index contributed by atoms with van der Waals surface area (Å²) in [6, 6.07) is 8.50. The first-order chi connectivity index (χ1) is 14.4. The van der Waals surface area contributed by atoms with Gasteiger partial charge in [0, 0.05) is 16.8 Å². The van der Waals surface area contributed by atoms with Crippen molar-refractivity contribution in [2.75, 3.05) is 18.5 Å². The van der Waals surface area contributed by atoms with Crippen molar-refractivity contribution >= 4 is 28.8 Å². The third kappa shape index (κ3) is 3.92. The van der Waals surface area contributed by atoms with Crippen LogP contribution < -0.4 is 19.5 Å². The second kappa shape index (κ2) is 8.03. The van der Waals surface area contributed by atoms with E-state index in [4.69, 9.17) is 25.8 Å². The lowest BCUT2D eigenvalue weighted by Crippen LogP contribution is -2.15. The molecule has 0 atom stereocenters. The van der Waals surface area contributed by atoms with Crippen molar-refractivity contribution in [3.05, 3.63) is 62.9 Å². The van der Waals surface area contributed by atoms with E-state index in [9.17, 15) is 10.1 Å². The number of halogens is 1. The van der Waals surface area contributed by atoms with E-state index in [2.05, 4.69) is 15.3 Å². The van der Waals surface area contributed by atoms with E-state index >= 15 is 0 Å². The van der Waals surface area contributed by atoms with Crippen LogP contribution >= 0.6 is 11.6 Å². The Morgan fingerprint density at radius 3 is 2.50 bits per heavy atom. The quantitative estimate of drug-likeness (QED) is 0.448. The van der Waals surface area contributed by atoms with E-state index in [0.29, 0.717) is 41.2 Å². The van der Waals surface area contributed by atoms with Crippen molar-refractivity contribution in [1.82, 2.24) is 9.97 Å². The summed E-state index contributed by atoms with van der Waals surface area (Å²) in [5, 5.41) is 15.3. The minimum absolute atomic E-state index is 0.0101. The molecule has 154 valence electrons. The van der Waals surface area contributed by atoms with Gasteiger partial charge in [-0.1, -0.05) is 11.6 Å². The summed E-state index contributed by atoms with van der Waals surface area (Å²) in [7, 11) is 0. The minimum Gasteiger partial charge on any atom is -0.486 e. The summed E-state index contributed by atoms with van der Waals surface area (Å²) in [6.07, 6.45) is 1.19. The lowest BCUT2D eigenvalue weighted by atomic mass is 10.1. The number of aromatic nitrogens is 2. The maximum Gasteiger partial charge on any atom is 0.373 e. The van der Waals surface area contributed by atoms with E-state index in [1.54, 1.807) is 30.3 Å². The Balaban J connectivity index is 1.67. The Kier molecular flexibility index (Phi) is 5.28. The number of nitro groups is 1. The molecule has 0 unspecified atom stereocenters. The molecule has 1 aromatic heterocycles. The number of fused-ring (bicyclic) bond motifs is 1. The molecule has 0 bridgehead atoms. The molecule has 0 saturated heterocycles. The maximum atomic E-state index is 11.8. The van der Waals surface area contributed by atoms with Gasteiger partial charge in [-0.25, -0.2) is 4.98 Å². The van der Waals surface area contributed by atoms with Crippen LogP contribution in [0, 0.1) is 24.0 Å². The predicted molar refractivity (Wildman–Crippen MR) is 110 cm³/mol. The molecule has 1 aliphatic heterocycles. The largest absolute Gasteiger partial charge is 0.486 e. The molecule has 0 spiro atoms. The number of nitrogens with zero attached hydrogens (tertiary/aromatic N) is 3. The van der Waals surface area contributed by atoms with Crippen LogP contribution in [0.25, 0.3) is 0 Å². The molecule has 30 heavy (non-hydrogen) atoms. The van der Waals surface area contributed by atoms with Crippen molar-refractivity contribution in [3.63, 3.8) is 0 Å². The fourth-order valence-corrected chi connectivity index (χ4v) is 3.14. The average molecular weight is 429 g/mol. The zero-order valence-electron chi connectivity index (χ0n) is 16.1. The standard InChI is InChI=1S/C20H17ClN4O5/c1-11-7-14(8-12(2)17(11)21)30-20-18(25(26)27)19(22-10-23-20)24-13-3-4-15-16(9-13)29-6-5-28-15/h3-4,7-10H,5-6H2,1-2H3,(H,22,23,24). The number of ether oxygens (including phenoxy) is 3. The van der Waals surface area contributed by atoms with Crippen molar-refractivity contribution in [2.45, 2.75) is 13.8 Å². The Morgan fingerprint density at radius 2 is 1.80 bits per heavy atom. The molecule has 0 amide bonds. The van der Waals surface area contributed by atoms with Gasteiger partial charge < -0.3 is 19.5 Å². The van der Waals surface area contributed by atoms with Crippen molar-refractivity contribution in [3.8, 4) is 23.1 Å². The number of benzene rings is 2. The van der Waals surface area contributed by atoms with Crippen molar-refractivity contribution in [2.24, 2.45) is 0 Å². The fourth-order valence-electron chi connectivity index (χ4n) is 3.03. The third-order valence-corrected chi connectivity index (χ3v) is 5.00. The van der Waals surface area contributed by atoms with E-state index in [1.165, 1.54) is 6.33 Å². The van der Waals surface area contributed by atoms with Gasteiger partial charge in [0.05, 0.1) is 4.92 Å². The zero-order valence-corrected chi connectivity index (χ0v) is 16.9. The van der Waals surface area contributed by atoms with Gasteiger partial charge in [0.2, 0.25) is 5.82 Å². The van der Waals surface area contributed by atoms with Crippen LogP contribution in [0.5, 0.6) is 23.1 Å². The molecule has 2 aromatic carbocycles. The normalized spacial score (nSPS) is 12.4. The zero-order chi connectivity index (χ0) is 21.3. The second-order valence-corrected chi connectivity index (χ2v) is 6.97. The molecule has 1 aliphatic rings. The Morgan fingerprint density at radius 1 is 1.10 bits per heavy atom. The van der Waals surface area contributed by atoms with E-state index in [-0.39, 0.29) is 11.7 Å². The summed E-state index contributed by atoms with van der Waals surface area (Å²) >= 11 is 6.18. The topological polar surface area (TPSA) is 109 Å². The first-order valence-electron chi connectivity index (χ1n) is 9.03. The molecule has 0 radical (unpaired) electrons. The molecule has 9 nitrogen and oxygen atoms in total. The molecule has 0 aliphatic carbocycles. The highest BCUT2D eigenvalue weighted by atomic mass is 35.5. The highest BCUT2D eigenvalue weighted by Gasteiger charge is 2.26. The molecule has 0 saturated carbocycles. The van der Waals surface area contributed by atoms with Crippen LogP contribution in [0.4, 0.5) is 17.2 Å². The summed E-state index contributed by atoms with van der Waals surface area (Å²) < 4.78 is 16.8. The first kappa shape index (κ1) is 19.7. The van der Waals surface area contributed by atoms with Gasteiger partial charge in [0.15, 0.2) is 11.5 Å². The van der Waals surface area contributed by atoms with Gasteiger partial charge in [-0.3, -0.25) is 10.1 Å². The van der Waals surface area contributed by atoms with Gasteiger partial charge in [-0.15, -0.1) is 0 Å². The molecule has 0 fully saturated rings. The number of aryl methyl sites for hydroxylation is 2. The van der Waals surface area contributed by atoms with Crippen molar-refractivity contribution < 1.29 is 19.1 Å². The summed E-state index contributed by atoms with van der Waals surface area (Å²) in [4.78, 5) is 19.2.